The van der Waals surface area contributed by atoms with Crippen molar-refractivity contribution in [3.63, 3.8) is 0 Å². The quantitative estimate of drug-likeness (QED) is 0.606. The van der Waals surface area contributed by atoms with Crippen molar-refractivity contribution >= 4 is 5.91 Å². The Hall–Kier alpha value is -1.87. The molecular formula is C13H19N5O. The van der Waals surface area contributed by atoms with Crippen molar-refractivity contribution in [2.24, 2.45) is 0 Å². The Balaban J connectivity index is 1.88. The van der Waals surface area contributed by atoms with Gasteiger partial charge in [0.05, 0.1) is 12.2 Å². The lowest BCUT2D eigenvalue weighted by atomic mass is 10.1. The fourth-order valence-electron chi connectivity index (χ4n) is 2.08. The van der Waals surface area contributed by atoms with Crippen LogP contribution in [0.25, 0.3) is 0 Å². The second-order valence-electron chi connectivity index (χ2n) is 4.50. The Labute approximate surface area is 112 Å². The summed E-state index contributed by atoms with van der Waals surface area (Å²) >= 11 is 0. The number of piperidine rings is 1. The maximum atomic E-state index is 11.8. The molecule has 0 saturated carbocycles. The van der Waals surface area contributed by atoms with Crippen LogP contribution in [0.4, 0.5) is 0 Å². The van der Waals surface area contributed by atoms with Crippen molar-refractivity contribution in [2.45, 2.75) is 32.2 Å². The Morgan fingerprint density at radius 1 is 1.58 bits per heavy atom. The minimum atomic E-state index is -0.182. The van der Waals surface area contributed by atoms with Gasteiger partial charge in [-0.2, -0.15) is 0 Å². The summed E-state index contributed by atoms with van der Waals surface area (Å²) < 4.78 is 1.81. The van der Waals surface area contributed by atoms with Crippen molar-refractivity contribution in [1.82, 2.24) is 25.6 Å². The lowest BCUT2D eigenvalue weighted by molar-refractivity contribution is 0.0949. The normalized spacial score (nSPS) is 15.6. The van der Waals surface area contributed by atoms with E-state index in [9.17, 15) is 4.79 Å². The molecule has 1 fully saturated rings. The molecule has 19 heavy (non-hydrogen) atoms. The first kappa shape index (κ1) is 13.6. The smallest absolute Gasteiger partial charge is 0.273 e. The van der Waals surface area contributed by atoms with Gasteiger partial charge in [0.25, 0.3) is 5.91 Å². The van der Waals surface area contributed by atoms with E-state index in [1.165, 1.54) is 0 Å². The van der Waals surface area contributed by atoms with Gasteiger partial charge in [0.15, 0.2) is 5.69 Å². The molecule has 1 saturated heterocycles. The summed E-state index contributed by atoms with van der Waals surface area (Å²) in [5.74, 6) is 5.51. The summed E-state index contributed by atoms with van der Waals surface area (Å²) in [6.07, 6.45) is 4.44. The van der Waals surface area contributed by atoms with Gasteiger partial charge in [-0.15, -0.1) is 16.9 Å². The maximum Gasteiger partial charge on any atom is 0.273 e. The lowest BCUT2D eigenvalue weighted by Crippen LogP contribution is -2.29. The van der Waals surface area contributed by atoms with Gasteiger partial charge in [-0.3, -0.25) is 4.79 Å². The number of amides is 1. The van der Waals surface area contributed by atoms with Crippen LogP contribution in [0, 0.1) is 11.8 Å². The Bertz CT molecular complexity index is 479. The standard InChI is InChI=1S/C13H19N5O/c1-2-3-4-7-15-13(19)12-10-18(17-16-12)11-5-8-14-9-6-11/h10-11,14H,4-9H2,1H3,(H,15,19). The van der Waals surface area contributed by atoms with E-state index in [-0.39, 0.29) is 5.91 Å². The number of aromatic nitrogens is 3. The van der Waals surface area contributed by atoms with Crippen LogP contribution < -0.4 is 10.6 Å². The number of hydrogen-bond donors (Lipinski definition) is 2. The third-order valence-corrected chi connectivity index (χ3v) is 3.14. The lowest BCUT2D eigenvalue weighted by Gasteiger charge is -2.22. The van der Waals surface area contributed by atoms with Crippen molar-refractivity contribution < 1.29 is 4.79 Å². The van der Waals surface area contributed by atoms with Crippen molar-refractivity contribution in [1.29, 1.82) is 0 Å². The minimum absolute atomic E-state index is 0.182. The molecule has 1 aliphatic rings. The summed E-state index contributed by atoms with van der Waals surface area (Å²) in [4.78, 5) is 11.8. The predicted octanol–water partition coefficient (Wildman–Crippen LogP) is 0.346. The first-order valence-corrected chi connectivity index (χ1v) is 6.61. The molecule has 1 aromatic rings. The zero-order chi connectivity index (χ0) is 13.5. The van der Waals surface area contributed by atoms with Gasteiger partial charge in [-0.25, -0.2) is 4.68 Å². The van der Waals surface area contributed by atoms with E-state index in [1.54, 1.807) is 13.1 Å². The SMILES string of the molecule is CC#CCCNC(=O)c1cn(C2CCNCC2)nn1. The van der Waals surface area contributed by atoms with Crippen LogP contribution in [0.5, 0.6) is 0 Å². The molecule has 0 bridgehead atoms. The van der Waals surface area contributed by atoms with Crippen LogP contribution in [-0.4, -0.2) is 40.5 Å². The largest absolute Gasteiger partial charge is 0.350 e. The van der Waals surface area contributed by atoms with Crippen LogP contribution in [-0.2, 0) is 0 Å². The molecule has 0 spiro atoms. The van der Waals surface area contributed by atoms with Gasteiger partial charge in [-0.05, 0) is 32.9 Å². The number of nitrogens with one attached hydrogen (secondary N) is 2. The Morgan fingerprint density at radius 2 is 2.37 bits per heavy atom. The fourth-order valence-corrected chi connectivity index (χ4v) is 2.08. The molecule has 2 heterocycles. The van der Waals surface area contributed by atoms with E-state index < -0.39 is 0 Å². The molecule has 1 aliphatic heterocycles. The van der Waals surface area contributed by atoms with E-state index in [0.29, 0.717) is 24.7 Å². The molecule has 1 aromatic heterocycles. The molecule has 0 unspecified atom stereocenters. The average Bonchev–Trinajstić information content (AvgIpc) is 2.94. The Morgan fingerprint density at radius 3 is 3.11 bits per heavy atom. The van der Waals surface area contributed by atoms with Crippen LogP contribution in [0.1, 0.15) is 42.7 Å². The molecule has 0 aliphatic carbocycles. The monoisotopic (exact) mass is 261 g/mol. The maximum absolute atomic E-state index is 11.8. The highest BCUT2D eigenvalue weighted by Gasteiger charge is 2.18. The van der Waals surface area contributed by atoms with Crippen LogP contribution >= 0.6 is 0 Å². The Kier molecular flexibility index (Phi) is 4.93. The van der Waals surface area contributed by atoms with Gasteiger partial charge in [-0.1, -0.05) is 5.21 Å². The molecule has 2 rings (SSSR count). The number of nitrogens with zero attached hydrogens (tertiary/aromatic N) is 3. The van der Waals surface area contributed by atoms with Gasteiger partial charge in [0.1, 0.15) is 0 Å². The van der Waals surface area contributed by atoms with Gasteiger partial charge in [0.2, 0.25) is 0 Å². The topological polar surface area (TPSA) is 71.8 Å². The predicted molar refractivity (Wildman–Crippen MR) is 71.6 cm³/mol. The molecule has 6 heteroatoms. The highest BCUT2D eigenvalue weighted by Crippen LogP contribution is 2.16. The molecule has 2 N–H and O–H groups in total. The van der Waals surface area contributed by atoms with E-state index in [0.717, 1.165) is 25.9 Å². The van der Waals surface area contributed by atoms with Crippen molar-refractivity contribution in [3.8, 4) is 11.8 Å². The summed E-state index contributed by atoms with van der Waals surface area (Å²) in [6.45, 7) is 4.30. The van der Waals surface area contributed by atoms with Crippen LogP contribution in [0.3, 0.4) is 0 Å². The number of carbonyl (C=O) groups is 1. The molecule has 6 nitrogen and oxygen atoms in total. The zero-order valence-electron chi connectivity index (χ0n) is 11.1. The minimum Gasteiger partial charge on any atom is -0.350 e. The molecule has 1 amide bonds. The van der Waals surface area contributed by atoms with Crippen molar-refractivity contribution in [3.05, 3.63) is 11.9 Å². The molecule has 102 valence electrons. The highest BCUT2D eigenvalue weighted by atomic mass is 16.2. The summed E-state index contributed by atoms with van der Waals surface area (Å²) in [7, 11) is 0. The second-order valence-corrected chi connectivity index (χ2v) is 4.50. The highest BCUT2D eigenvalue weighted by molar-refractivity contribution is 5.91. The molecule has 0 atom stereocenters. The van der Waals surface area contributed by atoms with Gasteiger partial charge < -0.3 is 10.6 Å². The third kappa shape index (κ3) is 3.80. The van der Waals surface area contributed by atoms with E-state index in [1.807, 2.05) is 4.68 Å². The number of carbonyl (C=O) groups excluding carboxylic acids is 1. The zero-order valence-corrected chi connectivity index (χ0v) is 11.1. The van der Waals surface area contributed by atoms with Gasteiger partial charge >= 0.3 is 0 Å². The third-order valence-electron chi connectivity index (χ3n) is 3.14. The summed E-state index contributed by atoms with van der Waals surface area (Å²) in [6, 6.07) is 0.348. The molecule has 0 aromatic carbocycles. The van der Waals surface area contributed by atoms with Crippen LogP contribution in [0.2, 0.25) is 0 Å². The summed E-state index contributed by atoms with van der Waals surface area (Å²) in [5.41, 5.74) is 0.378. The van der Waals surface area contributed by atoms with E-state index in [2.05, 4.69) is 32.8 Å². The van der Waals surface area contributed by atoms with E-state index >= 15 is 0 Å². The number of hydrogen-bond acceptors (Lipinski definition) is 4. The molecule has 0 radical (unpaired) electrons. The van der Waals surface area contributed by atoms with Gasteiger partial charge in [0, 0.05) is 13.0 Å². The first-order valence-electron chi connectivity index (χ1n) is 6.61. The number of rotatable bonds is 4. The van der Waals surface area contributed by atoms with Crippen LogP contribution in [0.15, 0.2) is 6.20 Å². The second kappa shape index (κ2) is 6.90. The summed E-state index contributed by atoms with van der Waals surface area (Å²) in [5, 5.41) is 14.1. The average molecular weight is 261 g/mol. The van der Waals surface area contributed by atoms with E-state index in [4.69, 9.17) is 0 Å². The molecular weight excluding hydrogens is 242 g/mol. The fraction of sp³-hybridized carbons (Fsp3) is 0.615. The first-order chi connectivity index (χ1) is 9.31. The van der Waals surface area contributed by atoms with Crippen molar-refractivity contribution in [2.75, 3.05) is 19.6 Å².